The number of hydrogen-bond donors (Lipinski definition) is 0. The standard InChI is InChI=1S/2C21H22N4O.2C2H3N.2ClHO4.2Zn/c2*1-3-4-12-18(26)21(19-15(2)8-6-13-22-19)25-24-17-11-5-9-16-10-7-14-23-20(16)17;2*1-2-3;2*2-1(3,4)5;;/h2*5-11,13-14,26H,3-4,12H2,1-2H3;2*1H3;2*(H,2,3,4,5);;/q;;;;;;2*+2/p-4/b2*21-18-,25-24?;;;;;;. The molecule has 0 aliphatic rings. The summed E-state index contributed by atoms with van der Waals surface area (Å²) in [5.41, 5.74) is 6.40. The normalized spacial score (nSPS) is 11.3. The Hall–Kier alpha value is -5.67. The zero-order valence-corrected chi connectivity index (χ0v) is 46.8. The number of para-hydroxylation sites is 2. The van der Waals surface area contributed by atoms with Crippen LogP contribution in [0.5, 0.6) is 0 Å². The minimum Gasteiger partial charge on any atom is -0.874 e. The molecule has 70 heavy (non-hydrogen) atoms. The van der Waals surface area contributed by atoms with Gasteiger partial charge in [-0.1, -0.05) is 88.1 Å². The first-order valence-electron chi connectivity index (χ1n) is 20.2. The van der Waals surface area contributed by atoms with E-state index in [4.69, 9.17) is 47.8 Å². The van der Waals surface area contributed by atoms with E-state index >= 15 is 0 Å². The van der Waals surface area contributed by atoms with Gasteiger partial charge in [0.15, 0.2) is 0 Å². The molecule has 360 valence electrons. The second-order valence-corrected chi connectivity index (χ2v) is 14.9. The van der Waals surface area contributed by atoms with E-state index in [1.807, 2.05) is 98.8 Å². The molecule has 4 aromatic heterocycles. The quantitative estimate of drug-likeness (QED) is 0.0950. The van der Waals surface area contributed by atoms with E-state index in [1.54, 1.807) is 36.9 Å². The van der Waals surface area contributed by atoms with Gasteiger partial charge in [0.1, 0.15) is 11.4 Å². The minimum atomic E-state index is -4.94. The Labute approximate surface area is 435 Å². The first-order valence-corrected chi connectivity index (χ1v) is 22.7. The SMILES string of the molecule is CC#N.CC#N.CCCC/C([O-])=C(/N=Nc1cccc2cccnc12)c1ncccc1C.CCCC/C([O-])=C(/N=Nc1cccc2cccnc12)c1ncccc1C.[O-][Cl+3]([O-])([O-])[O-].[O-][Cl+3]([O-])([O-])[O-].[Zn+2].[Zn+2]. The molecule has 0 fully saturated rings. The Kier molecular flexibility index (Phi) is 34.4. The second kappa shape index (κ2) is 36.3. The summed E-state index contributed by atoms with van der Waals surface area (Å²) in [7, 11) is -9.89. The van der Waals surface area contributed by atoms with Crippen LogP contribution in [0, 0.1) is 57.0 Å². The molecule has 0 amide bonds. The van der Waals surface area contributed by atoms with Crippen LogP contribution in [0.4, 0.5) is 11.4 Å². The summed E-state index contributed by atoms with van der Waals surface area (Å²) in [6.45, 7) is 10.8. The van der Waals surface area contributed by atoms with Gasteiger partial charge in [0.25, 0.3) is 0 Å². The second-order valence-electron chi connectivity index (χ2n) is 13.4. The average Bonchev–Trinajstić information content (AvgIpc) is 3.28. The Morgan fingerprint density at radius 3 is 1.10 bits per heavy atom. The Bertz CT molecular complexity index is 2490. The number of aromatic nitrogens is 4. The number of allylic oxidation sites excluding steroid dienone is 2. The Morgan fingerprint density at radius 2 is 0.800 bits per heavy atom. The van der Waals surface area contributed by atoms with E-state index in [2.05, 4.69) is 54.2 Å². The summed E-state index contributed by atoms with van der Waals surface area (Å²) < 4.78 is 67.9. The zero-order chi connectivity index (χ0) is 51.1. The van der Waals surface area contributed by atoms with Crippen LogP contribution in [0.3, 0.4) is 0 Å². The molecule has 0 radical (unpaired) electrons. The topological polar surface area (TPSA) is 379 Å². The van der Waals surface area contributed by atoms with Crippen LogP contribution in [0.1, 0.15) is 88.7 Å². The van der Waals surface area contributed by atoms with Crippen LogP contribution < -0.4 is 47.5 Å². The van der Waals surface area contributed by atoms with E-state index in [0.29, 0.717) is 47.0 Å². The fourth-order valence-electron chi connectivity index (χ4n) is 5.39. The van der Waals surface area contributed by atoms with Crippen LogP contribution in [0.15, 0.2) is 142 Å². The van der Waals surface area contributed by atoms with Gasteiger partial charge >= 0.3 is 39.0 Å². The molecule has 0 N–H and O–H groups in total. The summed E-state index contributed by atoms with van der Waals surface area (Å²) in [5.74, 6) is -0.0730. The number of hydrogen-bond acceptors (Lipinski definition) is 20. The number of fused-ring (bicyclic) bond motifs is 2. The summed E-state index contributed by atoms with van der Waals surface area (Å²) in [6, 6.07) is 30.2. The molecular formula is C46H48Cl2N10O10Zn2. The van der Waals surface area contributed by atoms with Crippen molar-refractivity contribution in [1.29, 1.82) is 10.5 Å². The van der Waals surface area contributed by atoms with E-state index < -0.39 is 20.5 Å². The van der Waals surface area contributed by atoms with E-state index in [0.717, 1.165) is 58.6 Å². The van der Waals surface area contributed by atoms with Gasteiger partial charge in [-0.3, -0.25) is 19.9 Å². The van der Waals surface area contributed by atoms with Crippen LogP contribution in [0.2, 0.25) is 0 Å². The first kappa shape index (κ1) is 66.4. The molecule has 2 aromatic carbocycles. The fourth-order valence-corrected chi connectivity index (χ4v) is 5.39. The third-order valence-electron chi connectivity index (χ3n) is 8.25. The number of nitriles is 2. The number of halogens is 2. The smallest absolute Gasteiger partial charge is 0.874 e. The molecule has 0 saturated carbocycles. The van der Waals surface area contributed by atoms with Gasteiger partial charge in [-0.05, 0) is 74.2 Å². The van der Waals surface area contributed by atoms with Crippen molar-refractivity contribution in [3.8, 4) is 12.1 Å². The minimum absolute atomic E-state index is 0. The van der Waals surface area contributed by atoms with Crippen LogP contribution in [0.25, 0.3) is 33.2 Å². The number of pyridine rings is 4. The number of azo groups is 2. The van der Waals surface area contributed by atoms with E-state index in [1.165, 1.54) is 13.8 Å². The van der Waals surface area contributed by atoms with Crippen molar-refractivity contribution < 1.29 is 107 Å². The molecule has 0 bridgehead atoms. The fraction of sp³-hybridized carbons (Fsp3) is 0.261. The molecule has 0 atom stereocenters. The van der Waals surface area contributed by atoms with Gasteiger partial charge in [-0.2, -0.15) is 10.5 Å². The van der Waals surface area contributed by atoms with Gasteiger partial charge in [-0.25, -0.2) is 37.3 Å². The zero-order valence-electron chi connectivity index (χ0n) is 39.4. The monoisotopic (exact) mass is 1100 g/mol. The maximum Gasteiger partial charge on any atom is 2.00 e. The van der Waals surface area contributed by atoms with E-state index in [9.17, 15) is 10.2 Å². The number of aryl methyl sites for hydroxylation is 2. The van der Waals surface area contributed by atoms with Crippen molar-refractivity contribution in [2.45, 2.75) is 80.1 Å². The molecule has 6 rings (SSSR count). The largest absolute Gasteiger partial charge is 2.00 e. The molecule has 0 aliphatic carbocycles. The van der Waals surface area contributed by atoms with Crippen LogP contribution in [-0.4, -0.2) is 19.9 Å². The first-order chi connectivity index (χ1) is 32.2. The number of nitrogens with zero attached hydrogens (tertiary/aromatic N) is 10. The summed E-state index contributed by atoms with van der Waals surface area (Å²) in [5, 5.41) is 59.3. The molecule has 0 saturated heterocycles. The number of unbranched alkanes of at least 4 members (excludes halogenated alkanes) is 2. The van der Waals surface area contributed by atoms with Gasteiger partial charge in [-0.15, -0.1) is 52.5 Å². The summed E-state index contributed by atoms with van der Waals surface area (Å²) in [6.07, 6.45) is 11.2. The molecule has 20 nitrogen and oxygen atoms in total. The van der Waals surface area contributed by atoms with Gasteiger partial charge in [0.05, 0.1) is 46.0 Å². The molecular weight excluding hydrogens is 1050 g/mol. The molecule has 0 spiro atoms. The van der Waals surface area contributed by atoms with Crippen molar-refractivity contribution in [3.63, 3.8) is 0 Å². The summed E-state index contributed by atoms with van der Waals surface area (Å²) >= 11 is 0. The molecule has 0 unspecified atom stereocenters. The molecule has 4 heterocycles. The molecule has 24 heteroatoms. The third kappa shape index (κ3) is 27.5. The molecule has 0 aliphatic heterocycles. The van der Waals surface area contributed by atoms with Gasteiger partial charge in [0, 0.05) is 49.4 Å². The predicted octanol–water partition coefficient (Wildman–Crippen LogP) is 1.43. The number of rotatable bonds is 12. The van der Waals surface area contributed by atoms with Crippen molar-refractivity contribution in [2.75, 3.05) is 0 Å². The Balaban J connectivity index is 0. The molecule has 6 aromatic rings. The number of benzene rings is 2. The maximum absolute atomic E-state index is 12.7. The average molecular weight is 1100 g/mol. The predicted molar refractivity (Wildman–Crippen MR) is 226 cm³/mol. The van der Waals surface area contributed by atoms with Crippen molar-refractivity contribution in [3.05, 3.63) is 144 Å². The van der Waals surface area contributed by atoms with Crippen LogP contribution in [-0.2, 0) is 39.0 Å². The summed E-state index contributed by atoms with van der Waals surface area (Å²) in [4.78, 5) is 17.5. The Morgan fingerprint density at radius 1 is 0.514 bits per heavy atom. The van der Waals surface area contributed by atoms with Gasteiger partial charge in [0.2, 0.25) is 0 Å². The van der Waals surface area contributed by atoms with Crippen molar-refractivity contribution >= 4 is 44.6 Å². The van der Waals surface area contributed by atoms with Gasteiger partial charge < -0.3 is 10.2 Å². The van der Waals surface area contributed by atoms with Crippen molar-refractivity contribution in [2.24, 2.45) is 20.5 Å². The van der Waals surface area contributed by atoms with Crippen LogP contribution >= 0.6 is 0 Å². The van der Waals surface area contributed by atoms with E-state index in [-0.39, 0.29) is 50.5 Å². The maximum atomic E-state index is 12.7. The van der Waals surface area contributed by atoms with Crippen molar-refractivity contribution in [1.82, 2.24) is 19.9 Å². The third-order valence-corrected chi connectivity index (χ3v) is 8.25.